The molecule has 0 heterocycles. The van der Waals surface area contributed by atoms with Crippen LogP contribution in [0.2, 0.25) is 0 Å². The largest absolute Gasteiger partial charge is 0.460 e. The third kappa shape index (κ3) is 4.71. The van der Waals surface area contributed by atoms with Gasteiger partial charge >= 0.3 is 5.97 Å². The van der Waals surface area contributed by atoms with Gasteiger partial charge in [-0.05, 0) is 121 Å². The van der Waals surface area contributed by atoms with Crippen molar-refractivity contribution >= 4 is 11.9 Å². The molecule has 10 atom stereocenters. The minimum Gasteiger partial charge on any atom is -0.460 e. The molecule has 4 aliphatic carbocycles. The van der Waals surface area contributed by atoms with Gasteiger partial charge in [0.2, 0.25) is 5.91 Å². The molecule has 0 aromatic heterocycles. The highest BCUT2D eigenvalue weighted by atomic mass is 16.5. The Morgan fingerprint density at radius 3 is 2.17 bits per heavy atom. The predicted molar refractivity (Wildman–Crippen MR) is 141 cm³/mol. The highest BCUT2D eigenvalue weighted by molar-refractivity contribution is 5.88. The van der Waals surface area contributed by atoms with Gasteiger partial charge in [0.15, 0.2) is 0 Å². The number of hydrogen-bond acceptors (Lipinski definition) is 4. The lowest BCUT2D eigenvalue weighted by molar-refractivity contribution is -0.180. The number of rotatable bonds is 5. The molecule has 35 heavy (non-hydrogen) atoms. The molecular formula is C30H50N2O3. The third-order valence-corrected chi connectivity index (χ3v) is 11.2. The number of amides is 1. The summed E-state index contributed by atoms with van der Waals surface area (Å²) in [5, 5.41) is 3.20. The van der Waals surface area contributed by atoms with Gasteiger partial charge in [0.25, 0.3) is 0 Å². The molecule has 5 heteroatoms. The van der Waals surface area contributed by atoms with E-state index in [0.717, 1.165) is 42.6 Å². The van der Waals surface area contributed by atoms with Crippen LogP contribution in [0.5, 0.6) is 0 Å². The summed E-state index contributed by atoms with van der Waals surface area (Å²) in [4.78, 5) is 27.2. The molecule has 0 bridgehead atoms. The van der Waals surface area contributed by atoms with Crippen molar-refractivity contribution in [2.45, 2.75) is 111 Å². The average molecular weight is 487 g/mol. The maximum Gasteiger partial charge on any atom is 0.302 e. The second kappa shape index (κ2) is 9.84. The Balaban J connectivity index is 1.57. The molecule has 4 saturated carbocycles. The summed E-state index contributed by atoms with van der Waals surface area (Å²) in [7, 11) is 4.48. The molecule has 0 aromatic carbocycles. The average Bonchev–Trinajstić information content (AvgIpc) is 3.11. The Bertz CT molecular complexity index is 849. The first-order chi connectivity index (χ1) is 16.4. The summed E-state index contributed by atoms with van der Waals surface area (Å²) in [5.41, 5.74) is 1.60. The topological polar surface area (TPSA) is 58.6 Å². The van der Waals surface area contributed by atoms with Gasteiger partial charge in [0.05, 0.1) is 6.04 Å². The lowest BCUT2D eigenvalue weighted by atomic mass is 9.44. The van der Waals surface area contributed by atoms with Crippen molar-refractivity contribution in [3.05, 3.63) is 11.6 Å². The first kappa shape index (κ1) is 26.7. The SMILES string of the molecule is CC(=O)O[C@H]1[C@@H](NC(=O)C=C(C)C)CC[C@]2(C)[C@H]3CC[C@]4(C)[C@@H]([C@H](C)N(C)C)CC[C@H]4[C@@H]3CC[C@@H]12. The Labute approximate surface area is 213 Å². The fraction of sp³-hybridized carbons (Fsp3) is 0.867. The molecule has 4 fully saturated rings. The van der Waals surface area contributed by atoms with E-state index in [1.165, 1.54) is 39.0 Å². The summed E-state index contributed by atoms with van der Waals surface area (Å²) in [6.45, 7) is 12.9. The van der Waals surface area contributed by atoms with Crippen molar-refractivity contribution in [2.24, 2.45) is 40.4 Å². The van der Waals surface area contributed by atoms with Crippen molar-refractivity contribution < 1.29 is 14.3 Å². The number of hydrogen-bond donors (Lipinski definition) is 1. The van der Waals surface area contributed by atoms with Crippen molar-refractivity contribution in [1.82, 2.24) is 10.2 Å². The smallest absolute Gasteiger partial charge is 0.302 e. The van der Waals surface area contributed by atoms with Crippen LogP contribution in [0.3, 0.4) is 0 Å². The lowest BCUT2D eigenvalue weighted by Crippen LogP contribution is -2.62. The number of nitrogens with one attached hydrogen (secondary N) is 1. The molecular weight excluding hydrogens is 436 g/mol. The summed E-state index contributed by atoms with van der Waals surface area (Å²) in [6, 6.07) is 0.531. The summed E-state index contributed by atoms with van der Waals surface area (Å²) in [5.74, 6) is 3.10. The van der Waals surface area contributed by atoms with Gasteiger partial charge in [0.1, 0.15) is 6.10 Å². The third-order valence-electron chi connectivity index (χ3n) is 11.2. The number of esters is 1. The number of carbonyl (C=O) groups is 2. The van der Waals surface area contributed by atoms with E-state index in [-0.39, 0.29) is 29.4 Å². The van der Waals surface area contributed by atoms with Gasteiger partial charge < -0.3 is 15.0 Å². The van der Waals surface area contributed by atoms with Crippen molar-refractivity contribution in [1.29, 1.82) is 0 Å². The quantitative estimate of drug-likeness (QED) is 0.407. The molecule has 0 unspecified atom stereocenters. The molecule has 0 radical (unpaired) electrons. The summed E-state index contributed by atoms with van der Waals surface area (Å²) in [6.07, 6.45) is 11.1. The number of allylic oxidation sites excluding steroid dienone is 1. The predicted octanol–water partition coefficient (Wildman–Crippen LogP) is 5.59. The molecule has 5 nitrogen and oxygen atoms in total. The first-order valence-corrected chi connectivity index (χ1v) is 14.2. The van der Waals surface area contributed by atoms with Crippen molar-refractivity contribution in [2.75, 3.05) is 14.1 Å². The Morgan fingerprint density at radius 2 is 1.54 bits per heavy atom. The molecule has 198 valence electrons. The van der Waals surface area contributed by atoms with Gasteiger partial charge in [-0.3, -0.25) is 9.59 Å². The van der Waals surface area contributed by atoms with Crippen LogP contribution in [0.1, 0.15) is 92.9 Å². The molecule has 4 rings (SSSR count). The standard InChI is InChI=1S/C30H50N2O3/c1-18(2)17-27(34)31-26-14-16-30(6)24-13-15-29(5)22(19(3)32(7)8)11-12-23(29)21(24)9-10-25(30)28(26)35-20(4)33/h17,19,21-26,28H,9-16H2,1-8H3,(H,31,34)/t19-,21-,22+,23-,24-,25-,26-,28+,29+,30+/m0/s1. The normalized spacial score (nSPS) is 43.4. The summed E-state index contributed by atoms with van der Waals surface area (Å²) < 4.78 is 6.03. The zero-order valence-electron chi connectivity index (χ0n) is 23.5. The second-order valence-electron chi connectivity index (χ2n) is 13.4. The van der Waals surface area contributed by atoms with E-state index in [1.807, 2.05) is 13.8 Å². The highest BCUT2D eigenvalue weighted by Crippen LogP contribution is 2.68. The monoisotopic (exact) mass is 486 g/mol. The van der Waals surface area contributed by atoms with E-state index < -0.39 is 0 Å². The van der Waals surface area contributed by atoms with Gasteiger partial charge in [-0.25, -0.2) is 0 Å². The Morgan fingerprint density at radius 1 is 0.914 bits per heavy atom. The van der Waals surface area contributed by atoms with Gasteiger partial charge in [-0.1, -0.05) is 19.4 Å². The fourth-order valence-corrected chi connectivity index (χ4v) is 9.50. The molecule has 1 amide bonds. The molecule has 4 aliphatic rings. The number of carbonyl (C=O) groups excluding carboxylic acids is 2. The van der Waals surface area contributed by atoms with E-state index >= 15 is 0 Å². The second-order valence-corrected chi connectivity index (χ2v) is 13.4. The number of fused-ring (bicyclic) bond motifs is 5. The van der Waals surface area contributed by atoms with Crippen molar-refractivity contribution in [3.8, 4) is 0 Å². The van der Waals surface area contributed by atoms with E-state index in [1.54, 1.807) is 6.08 Å². The highest BCUT2D eigenvalue weighted by Gasteiger charge is 2.62. The van der Waals surface area contributed by atoms with Crippen LogP contribution in [0.25, 0.3) is 0 Å². The van der Waals surface area contributed by atoms with Crippen LogP contribution >= 0.6 is 0 Å². The first-order valence-electron chi connectivity index (χ1n) is 14.2. The summed E-state index contributed by atoms with van der Waals surface area (Å²) >= 11 is 0. The molecule has 0 aromatic rings. The minimum absolute atomic E-state index is 0.0649. The van der Waals surface area contributed by atoms with Gasteiger partial charge in [-0.2, -0.15) is 0 Å². The van der Waals surface area contributed by atoms with E-state index in [2.05, 4.69) is 45.1 Å². The van der Waals surface area contributed by atoms with Gasteiger partial charge in [-0.15, -0.1) is 0 Å². The Kier molecular flexibility index (Phi) is 7.50. The zero-order chi connectivity index (χ0) is 25.7. The fourth-order valence-electron chi connectivity index (χ4n) is 9.50. The number of ether oxygens (including phenoxy) is 1. The molecule has 0 saturated heterocycles. The minimum atomic E-state index is -0.227. The van der Waals surface area contributed by atoms with Gasteiger partial charge in [0, 0.05) is 25.0 Å². The van der Waals surface area contributed by atoms with E-state index in [4.69, 9.17) is 4.74 Å². The molecule has 0 spiro atoms. The van der Waals surface area contributed by atoms with Crippen LogP contribution in [0.4, 0.5) is 0 Å². The van der Waals surface area contributed by atoms with Crippen molar-refractivity contribution in [3.63, 3.8) is 0 Å². The zero-order valence-corrected chi connectivity index (χ0v) is 23.5. The van der Waals surface area contributed by atoms with E-state index in [0.29, 0.717) is 23.3 Å². The maximum atomic E-state index is 12.6. The van der Waals surface area contributed by atoms with Crippen LogP contribution in [-0.4, -0.2) is 49.1 Å². The molecule has 0 aliphatic heterocycles. The Hall–Kier alpha value is -1.36. The van der Waals surface area contributed by atoms with Crippen LogP contribution in [0.15, 0.2) is 11.6 Å². The lowest BCUT2D eigenvalue weighted by Gasteiger charge is -2.62. The van der Waals surface area contributed by atoms with Crippen LogP contribution in [0, 0.1) is 40.4 Å². The number of nitrogens with zero attached hydrogens (tertiary/aromatic N) is 1. The van der Waals surface area contributed by atoms with E-state index in [9.17, 15) is 9.59 Å². The molecule has 1 N–H and O–H groups in total. The van der Waals surface area contributed by atoms with Crippen LogP contribution < -0.4 is 5.32 Å². The van der Waals surface area contributed by atoms with Crippen LogP contribution in [-0.2, 0) is 14.3 Å². The maximum absolute atomic E-state index is 12.6.